The third kappa shape index (κ3) is 8.20. The minimum absolute atomic E-state index is 0. The number of aliphatic imine (C=N–C) groups is 2. The first-order valence-electron chi connectivity index (χ1n) is 14.2. The van der Waals surface area contributed by atoms with E-state index in [2.05, 4.69) is 44.3 Å². The molecule has 4 rings (SSSR count). The molecule has 2 aliphatic rings. The predicted octanol–water partition coefficient (Wildman–Crippen LogP) is 5.43. The molecule has 10 heteroatoms. The molecule has 0 aliphatic carbocycles. The first kappa shape index (κ1) is 30.3. The Morgan fingerprint density at radius 1 is 1.20 bits per heavy atom. The van der Waals surface area contributed by atoms with Gasteiger partial charge in [-0.2, -0.15) is 0 Å². The summed E-state index contributed by atoms with van der Waals surface area (Å²) < 4.78 is 28.0. The number of anilines is 1. The lowest BCUT2D eigenvalue weighted by atomic mass is 10.0. The molecule has 1 amide bonds. The third-order valence-corrected chi connectivity index (χ3v) is 7.59. The van der Waals surface area contributed by atoms with E-state index in [0.29, 0.717) is 23.6 Å². The number of piperazine rings is 1. The Hall–Kier alpha value is -3.63. The highest BCUT2D eigenvalue weighted by atomic mass is 19.3. The molecular weight excluding hydrogens is 524 g/mol. The number of hydrogen-bond donors (Lipinski definition) is 2. The first-order chi connectivity index (χ1) is 19.6. The maximum absolute atomic E-state index is 14.0. The Morgan fingerprint density at radius 3 is 2.63 bits per heavy atom. The van der Waals surface area contributed by atoms with Gasteiger partial charge in [0.15, 0.2) is 0 Å². The van der Waals surface area contributed by atoms with E-state index in [1.165, 1.54) is 6.07 Å². The van der Waals surface area contributed by atoms with Gasteiger partial charge in [-0.15, -0.1) is 0 Å². The van der Waals surface area contributed by atoms with Crippen LogP contribution in [-0.4, -0.2) is 85.5 Å². The van der Waals surface area contributed by atoms with Gasteiger partial charge in [-0.1, -0.05) is 18.2 Å². The standard InChI is InChI=1S/C31H41F2N7O.2H2/c1-6-38(4)20-28-22(3)36-29(18-34-28)35-21(2)23-8-7-9-26(16-23)37-31(41)24-10-11-25(27(17-24)30(32)33)19-40-14-12-39(5)13-15-40;;/h7-11,16-18,20-22,30H,6,12-15,19H2,1-5H3,(H,35,36)(H,37,41);2*1H/b28-20+;;/t21-,22?;;/m0../s1. The Bertz CT molecular complexity index is 1310. The Balaban J connectivity index is 0.00000323. The van der Waals surface area contributed by atoms with Crippen LogP contribution >= 0.6 is 0 Å². The molecule has 0 radical (unpaired) electrons. The summed E-state index contributed by atoms with van der Waals surface area (Å²) >= 11 is 0. The van der Waals surface area contributed by atoms with Crippen LogP contribution < -0.4 is 10.6 Å². The topological polar surface area (TPSA) is 75.6 Å². The minimum Gasteiger partial charge on any atom is -0.379 e. The summed E-state index contributed by atoms with van der Waals surface area (Å²) in [6.07, 6.45) is 1.07. The van der Waals surface area contributed by atoms with Gasteiger partial charge in [0.25, 0.3) is 12.3 Å². The van der Waals surface area contributed by atoms with Crippen molar-refractivity contribution in [3.05, 3.63) is 76.6 Å². The summed E-state index contributed by atoms with van der Waals surface area (Å²) in [5.41, 5.74) is 3.10. The van der Waals surface area contributed by atoms with Crippen LogP contribution in [0.2, 0.25) is 0 Å². The minimum atomic E-state index is -2.66. The fourth-order valence-electron chi connectivity index (χ4n) is 4.81. The second-order valence-corrected chi connectivity index (χ2v) is 10.8. The molecule has 224 valence electrons. The molecule has 8 nitrogen and oxygen atoms in total. The third-order valence-electron chi connectivity index (χ3n) is 7.59. The van der Waals surface area contributed by atoms with Crippen LogP contribution in [-0.2, 0) is 6.54 Å². The van der Waals surface area contributed by atoms with E-state index in [4.69, 9.17) is 4.99 Å². The molecule has 0 bridgehead atoms. The lowest BCUT2D eigenvalue weighted by molar-refractivity contribution is 0.102. The lowest BCUT2D eigenvalue weighted by Crippen LogP contribution is -2.44. The molecule has 1 unspecified atom stereocenters. The number of likely N-dealkylation sites (N-methyl/N-ethyl adjacent to an activating group) is 1. The highest BCUT2D eigenvalue weighted by Crippen LogP contribution is 2.27. The number of alkyl halides is 2. The van der Waals surface area contributed by atoms with Crippen molar-refractivity contribution in [3.8, 4) is 0 Å². The molecule has 0 spiro atoms. The number of amidine groups is 1. The smallest absolute Gasteiger partial charge is 0.264 e. The van der Waals surface area contributed by atoms with Crippen LogP contribution in [0.4, 0.5) is 14.5 Å². The zero-order valence-corrected chi connectivity index (χ0v) is 24.6. The summed E-state index contributed by atoms with van der Waals surface area (Å²) in [4.78, 5) is 28.8. The maximum Gasteiger partial charge on any atom is 0.264 e. The average molecular weight is 570 g/mol. The number of carbonyl (C=O) groups excluding carboxylic acids is 1. The first-order valence-corrected chi connectivity index (χ1v) is 14.2. The van der Waals surface area contributed by atoms with Crippen LogP contribution in [0.3, 0.4) is 0 Å². The Kier molecular flexibility index (Phi) is 10.2. The molecule has 0 aromatic heterocycles. The van der Waals surface area contributed by atoms with Crippen molar-refractivity contribution in [3.63, 3.8) is 0 Å². The monoisotopic (exact) mass is 569 g/mol. The van der Waals surface area contributed by atoms with Crippen LogP contribution in [0.5, 0.6) is 0 Å². The zero-order valence-electron chi connectivity index (χ0n) is 24.6. The highest BCUT2D eigenvalue weighted by molar-refractivity contribution is 6.30. The van der Waals surface area contributed by atoms with Crippen molar-refractivity contribution < 1.29 is 16.4 Å². The molecule has 2 aromatic carbocycles. The normalized spacial score (nSPS) is 19.8. The summed E-state index contributed by atoms with van der Waals surface area (Å²) in [6, 6.07) is 11.9. The maximum atomic E-state index is 14.0. The molecule has 1 fully saturated rings. The van der Waals surface area contributed by atoms with E-state index in [0.717, 1.165) is 44.0 Å². The van der Waals surface area contributed by atoms with Crippen molar-refractivity contribution in [2.75, 3.05) is 52.1 Å². The van der Waals surface area contributed by atoms with Crippen molar-refractivity contribution in [1.82, 2.24) is 20.0 Å². The summed E-state index contributed by atoms with van der Waals surface area (Å²) in [7, 11) is 4.06. The fourth-order valence-corrected chi connectivity index (χ4v) is 4.81. The second kappa shape index (κ2) is 13.8. The van der Waals surface area contributed by atoms with Crippen molar-refractivity contribution >= 4 is 23.6 Å². The van der Waals surface area contributed by atoms with Gasteiger partial charge in [0.1, 0.15) is 5.84 Å². The number of amides is 1. The zero-order chi connectivity index (χ0) is 29.5. The van der Waals surface area contributed by atoms with Crippen LogP contribution in [0.1, 0.15) is 63.1 Å². The summed E-state index contributed by atoms with van der Waals surface area (Å²) in [6.45, 7) is 10.9. The van der Waals surface area contributed by atoms with Gasteiger partial charge in [0, 0.05) is 72.2 Å². The highest BCUT2D eigenvalue weighted by Gasteiger charge is 2.21. The van der Waals surface area contributed by atoms with Gasteiger partial charge in [0.2, 0.25) is 0 Å². The van der Waals surface area contributed by atoms with Crippen LogP contribution in [0.25, 0.3) is 0 Å². The van der Waals surface area contributed by atoms with Crippen molar-refractivity contribution in [2.24, 2.45) is 9.98 Å². The summed E-state index contributed by atoms with van der Waals surface area (Å²) in [5.74, 6) is 0.261. The number of halogens is 2. The largest absolute Gasteiger partial charge is 0.379 e. The lowest BCUT2D eigenvalue weighted by Gasteiger charge is -2.32. The molecule has 2 N–H and O–H groups in total. The van der Waals surface area contributed by atoms with Gasteiger partial charge in [-0.05, 0) is 63.2 Å². The SMILES string of the molecule is CCN(C)/C=C1/N=CC(N[C@@H](C)c2cccc(NC(=O)c3ccc(CN4CCN(C)CC4)c(C(F)F)c3)c2)=NC1C.[HH].[HH]. The van der Waals surface area contributed by atoms with E-state index in [-0.39, 0.29) is 26.1 Å². The molecule has 1 saturated heterocycles. The van der Waals surface area contributed by atoms with E-state index in [1.807, 2.05) is 45.3 Å². The molecule has 2 atom stereocenters. The van der Waals surface area contributed by atoms with Gasteiger partial charge < -0.3 is 20.4 Å². The molecule has 41 heavy (non-hydrogen) atoms. The Morgan fingerprint density at radius 2 is 1.95 bits per heavy atom. The van der Waals surface area contributed by atoms with E-state index in [9.17, 15) is 13.6 Å². The number of benzene rings is 2. The predicted molar refractivity (Wildman–Crippen MR) is 166 cm³/mol. The second-order valence-electron chi connectivity index (χ2n) is 10.8. The van der Waals surface area contributed by atoms with E-state index < -0.39 is 12.3 Å². The van der Waals surface area contributed by atoms with E-state index >= 15 is 0 Å². The van der Waals surface area contributed by atoms with Crippen LogP contribution in [0, 0.1) is 0 Å². The molecule has 2 aliphatic heterocycles. The molecule has 0 saturated carbocycles. The van der Waals surface area contributed by atoms with Crippen molar-refractivity contribution in [2.45, 2.75) is 45.8 Å². The van der Waals surface area contributed by atoms with Gasteiger partial charge in [0.05, 0.1) is 24.0 Å². The van der Waals surface area contributed by atoms with Crippen molar-refractivity contribution in [1.29, 1.82) is 0 Å². The Labute approximate surface area is 244 Å². The number of rotatable bonds is 9. The van der Waals surface area contributed by atoms with Gasteiger partial charge in [-0.25, -0.2) is 8.78 Å². The van der Waals surface area contributed by atoms with E-state index in [1.54, 1.807) is 24.4 Å². The van der Waals surface area contributed by atoms with Gasteiger partial charge >= 0.3 is 0 Å². The van der Waals surface area contributed by atoms with Crippen LogP contribution in [0.15, 0.2) is 64.3 Å². The fraction of sp³-hybridized carbons (Fsp3) is 0.452. The van der Waals surface area contributed by atoms with Gasteiger partial charge in [-0.3, -0.25) is 19.7 Å². The quantitative estimate of drug-likeness (QED) is 0.421. The number of hydrogen-bond acceptors (Lipinski definition) is 7. The summed E-state index contributed by atoms with van der Waals surface area (Å²) in [5, 5.41) is 6.25. The molecular formula is C31H45F2N7O. The molecule has 2 heterocycles. The number of nitrogens with one attached hydrogen (secondary N) is 2. The molecule has 2 aromatic rings. The number of nitrogens with zero attached hydrogens (tertiary/aromatic N) is 5. The average Bonchev–Trinajstić information content (AvgIpc) is 2.95. The number of carbonyl (C=O) groups is 1.